The highest BCUT2D eigenvalue weighted by molar-refractivity contribution is 9.10. The van der Waals surface area contributed by atoms with Crippen molar-refractivity contribution in [3.63, 3.8) is 0 Å². The Balaban J connectivity index is 2.26. The Kier molecular flexibility index (Phi) is 3.51. The summed E-state index contributed by atoms with van der Waals surface area (Å²) in [4.78, 5) is 13.2. The number of benzene rings is 1. The normalized spacial score (nSPS) is 10.4. The fourth-order valence-electron chi connectivity index (χ4n) is 1.27. The highest BCUT2D eigenvalue weighted by Crippen LogP contribution is 2.28. The lowest BCUT2D eigenvalue weighted by molar-refractivity contribution is 0.475. The van der Waals surface area contributed by atoms with E-state index in [0.717, 1.165) is 14.3 Å². The highest BCUT2D eigenvalue weighted by atomic mass is 79.9. The van der Waals surface area contributed by atoms with Gasteiger partial charge >= 0.3 is 5.63 Å². The number of aryl methyl sites for hydroxylation is 1. The van der Waals surface area contributed by atoms with Crippen LogP contribution in [0.15, 0.2) is 59.9 Å². The molecule has 4 heteroatoms. The summed E-state index contributed by atoms with van der Waals surface area (Å²) in [5.41, 5.74) is -0.306. The third-order valence-corrected chi connectivity index (χ3v) is 3.42. The molecule has 2 nitrogen and oxygen atoms in total. The number of rotatable bonds is 2. The summed E-state index contributed by atoms with van der Waals surface area (Å²) in [7, 11) is 0. The molecule has 0 unspecified atom stereocenters. The maximum absolute atomic E-state index is 11.2. The van der Waals surface area contributed by atoms with Crippen LogP contribution in [-0.2, 0) is 0 Å². The average Bonchev–Trinajstić information content (AvgIpc) is 2.20. The van der Waals surface area contributed by atoms with Crippen molar-refractivity contribution in [1.29, 1.82) is 0 Å². The monoisotopic (exact) mass is 296 g/mol. The van der Waals surface area contributed by atoms with Gasteiger partial charge in [-0.2, -0.15) is 0 Å². The molecule has 0 aliphatic heterocycles. The maximum Gasteiger partial charge on any atom is 0.336 e. The summed E-state index contributed by atoms with van der Waals surface area (Å²) in [6, 6.07) is 11.3. The Bertz CT molecular complexity index is 546. The van der Waals surface area contributed by atoms with Crippen LogP contribution in [0.5, 0.6) is 0 Å². The summed E-state index contributed by atoms with van der Waals surface area (Å²) >= 11 is 4.92. The molecule has 1 aromatic carbocycles. The first-order valence-electron chi connectivity index (χ1n) is 4.69. The Labute approximate surface area is 106 Å². The smallest absolute Gasteiger partial charge is 0.336 e. The quantitative estimate of drug-likeness (QED) is 0.843. The van der Waals surface area contributed by atoms with Gasteiger partial charge in [0.05, 0.1) is 0 Å². The molecule has 0 aliphatic carbocycles. The third-order valence-electron chi connectivity index (χ3n) is 1.92. The molecule has 16 heavy (non-hydrogen) atoms. The molecule has 0 bridgehead atoms. The largest absolute Gasteiger partial charge is 0.428 e. The van der Waals surface area contributed by atoms with Crippen LogP contribution in [0.4, 0.5) is 0 Å². The molecule has 0 aliphatic rings. The molecular formula is C12H9BrO2S. The van der Waals surface area contributed by atoms with Crippen molar-refractivity contribution in [2.24, 2.45) is 0 Å². The molecule has 2 aromatic rings. The summed E-state index contributed by atoms with van der Waals surface area (Å²) in [5, 5.41) is 0. The zero-order chi connectivity index (χ0) is 11.5. The van der Waals surface area contributed by atoms with E-state index >= 15 is 0 Å². The van der Waals surface area contributed by atoms with Crippen LogP contribution in [0.2, 0.25) is 0 Å². The Morgan fingerprint density at radius 1 is 1.12 bits per heavy atom. The predicted octanol–water partition coefficient (Wildman–Crippen LogP) is 3.86. The van der Waals surface area contributed by atoms with Gasteiger partial charge in [0.2, 0.25) is 0 Å². The van der Waals surface area contributed by atoms with Crippen LogP contribution in [0.3, 0.4) is 0 Å². The summed E-state index contributed by atoms with van der Waals surface area (Å²) in [6.45, 7) is 1.77. The van der Waals surface area contributed by atoms with Gasteiger partial charge in [-0.25, -0.2) is 4.79 Å². The van der Waals surface area contributed by atoms with Crippen LogP contribution < -0.4 is 5.63 Å². The second kappa shape index (κ2) is 4.89. The van der Waals surface area contributed by atoms with Gasteiger partial charge in [0.15, 0.2) is 0 Å². The van der Waals surface area contributed by atoms with E-state index in [0.29, 0.717) is 5.76 Å². The SMILES string of the molecule is Cc1cc(Sc2ccc(Br)cc2)cc(=O)o1. The van der Waals surface area contributed by atoms with Crippen molar-refractivity contribution in [3.05, 3.63) is 57.1 Å². The predicted molar refractivity (Wildman–Crippen MR) is 68.0 cm³/mol. The van der Waals surface area contributed by atoms with Crippen molar-refractivity contribution < 1.29 is 4.42 Å². The topological polar surface area (TPSA) is 30.2 Å². The van der Waals surface area contributed by atoms with E-state index < -0.39 is 0 Å². The van der Waals surface area contributed by atoms with E-state index in [2.05, 4.69) is 15.9 Å². The highest BCUT2D eigenvalue weighted by Gasteiger charge is 2.01. The molecule has 0 spiro atoms. The molecule has 0 saturated carbocycles. The Hall–Kier alpha value is -1.00. The second-order valence-corrected chi connectivity index (χ2v) is 5.34. The van der Waals surface area contributed by atoms with E-state index in [9.17, 15) is 4.79 Å². The zero-order valence-electron chi connectivity index (χ0n) is 8.57. The lowest BCUT2D eigenvalue weighted by Gasteiger charge is -2.01. The van der Waals surface area contributed by atoms with Crippen molar-refractivity contribution >= 4 is 27.7 Å². The van der Waals surface area contributed by atoms with Gasteiger partial charge in [0.25, 0.3) is 0 Å². The van der Waals surface area contributed by atoms with E-state index in [-0.39, 0.29) is 5.63 Å². The molecule has 2 rings (SSSR count). The summed E-state index contributed by atoms with van der Waals surface area (Å²) in [5.74, 6) is 0.632. The Morgan fingerprint density at radius 3 is 2.44 bits per heavy atom. The van der Waals surface area contributed by atoms with Crippen molar-refractivity contribution in [1.82, 2.24) is 0 Å². The minimum absolute atomic E-state index is 0.306. The minimum Gasteiger partial charge on any atom is -0.428 e. The van der Waals surface area contributed by atoms with Crippen LogP contribution in [-0.4, -0.2) is 0 Å². The second-order valence-electron chi connectivity index (χ2n) is 3.28. The van der Waals surface area contributed by atoms with E-state index in [1.807, 2.05) is 30.3 Å². The van der Waals surface area contributed by atoms with Crippen molar-refractivity contribution in [2.45, 2.75) is 16.7 Å². The average molecular weight is 297 g/mol. The van der Waals surface area contributed by atoms with Crippen molar-refractivity contribution in [2.75, 3.05) is 0 Å². The van der Waals surface area contributed by atoms with Crippen molar-refractivity contribution in [3.8, 4) is 0 Å². The first-order valence-corrected chi connectivity index (χ1v) is 6.30. The molecule has 1 aromatic heterocycles. The molecule has 0 amide bonds. The molecule has 0 atom stereocenters. The van der Waals surface area contributed by atoms with Gasteiger partial charge in [-0.05, 0) is 37.3 Å². The third kappa shape index (κ3) is 3.00. The van der Waals surface area contributed by atoms with Gasteiger partial charge in [-0.15, -0.1) is 0 Å². The maximum atomic E-state index is 11.2. The molecule has 0 radical (unpaired) electrons. The lowest BCUT2D eigenvalue weighted by Crippen LogP contribution is -1.97. The zero-order valence-corrected chi connectivity index (χ0v) is 11.0. The number of hydrogen-bond donors (Lipinski definition) is 0. The first kappa shape index (κ1) is 11.5. The van der Waals surface area contributed by atoms with Gasteiger partial charge in [0.1, 0.15) is 5.76 Å². The number of hydrogen-bond acceptors (Lipinski definition) is 3. The first-order chi connectivity index (χ1) is 7.63. The van der Waals surface area contributed by atoms with Gasteiger partial charge < -0.3 is 4.42 Å². The molecular weight excluding hydrogens is 288 g/mol. The lowest BCUT2D eigenvalue weighted by atomic mass is 10.4. The molecule has 82 valence electrons. The summed E-state index contributed by atoms with van der Waals surface area (Å²) < 4.78 is 5.94. The van der Waals surface area contributed by atoms with Crippen LogP contribution in [0.1, 0.15) is 5.76 Å². The number of halogens is 1. The molecule has 0 fully saturated rings. The molecule has 0 saturated heterocycles. The van der Waals surface area contributed by atoms with Gasteiger partial charge in [-0.1, -0.05) is 27.7 Å². The Morgan fingerprint density at radius 2 is 1.81 bits per heavy atom. The molecule has 0 N–H and O–H groups in total. The fourth-order valence-corrected chi connectivity index (χ4v) is 2.46. The van der Waals surface area contributed by atoms with Gasteiger partial charge in [-0.3, -0.25) is 0 Å². The van der Waals surface area contributed by atoms with Crippen LogP contribution in [0.25, 0.3) is 0 Å². The van der Waals surface area contributed by atoms with E-state index in [1.165, 1.54) is 6.07 Å². The summed E-state index contributed by atoms with van der Waals surface area (Å²) in [6.07, 6.45) is 0. The van der Waals surface area contributed by atoms with E-state index in [1.54, 1.807) is 18.7 Å². The van der Waals surface area contributed by atoms with E-state index in [4.69, 9.17) is 4.42 Å². The fraction of sp³-hybridized carbons (Fsp3) is 0.0833. The minimum atomic E-state index is -0.306. The van der Waals surface area contributed by atoms with Crippen LogP contribution in [0, 0.1) is 6.92 Å². The standard InChI is InChI=1S/C12H9BrO2S/c1-8-6-11(7-12(14)15-8)16-10-4-2-9(13)3-5-10/h2-7H,1H3. The molecule has 1 heterocycles. The van der Waals surface area contributed by atoms with Gasteiger partial charge in [0, 0.05) is 20.3 Å². The van der Waals surface area contributed by atoms with Crippen LogP contribution >= 0.6 is 27.7 Å².